The van der Waals surface area contributed by atoms with Crippen molar-refractivity contribution in [3.63, 3.8) is 0 Å². The van der Waals surface area contributed by atoms with Crippen molar-refractivity contribution in [2.24, 2.45) is 5.41 Å². The van der Waals surface area contributed by atoms with Crippen LogP contribution in [-0.4, -0.2) is 35.1 Å². The summed E-state index contributed by atoms with van der Waals surface area (Å²) in [5.74, 6) is -2.10. The van der Waals surface area contributed by atoms with E-state index >= 15 is 0 Å². The van der Waals surface area contributed by atoms with Crippen molar-refractivity contribution >= 4 is 19.0 Å². The van der Waals surface area contributed by atoms with Gasteiger partial charge in [-0.2, -0.15) is 5.26 Å². The second kappa shape index (κ2) is 6.30. The number of amides is 1. The van der Waals surface area contributed by atoms with E-state index in [0.29, 0.717) is 5.56 Å². The molecule has 0 radical (unpaired) electrons. The van der Waals surface area contributed by atoms with Crippen molar-refractivity contribution in [3.05, 3.63) is 29.3 Å². The Morgan fingerprint density at radius 2 is 2.22 bits per heavy atom. The highest BCUT2D eigenvalue weighted by Gasteiger charge is 2.38. The zero-order valence-electron chi connectivity index (χ0n) is 12.9. The van der Waals surface area contributed by atoms with E-state index in [4.69, 9.17) is 15.0 Å². The van der Waals surface area contributed by atoms with E-state index in [1.165, 1.54) is 6.07 Å². The summed E-state index contributed by atoms with van der Waals surface area (Å²) in [6.45, 7) is 3.30. The Bertz CT molecular complexity index is 683. The van der Waals surface area contributed by atoms with Gasteiger partial charge in [0.1, 0.15) is 5.75 Å². The van der Waals surface area contributed by atoms with Gasteiger partial charge in [-0.25, -0.2) is 4.79 Å². The van der Waals surface area contributed by atoms with Crippen LogP contribution >= 0.6 is 0 Å². The number of carboxylic acids is 1. The van der Waals surface area contributed by atoms with Crippen molar-refractivity contribution in [1.82, 2.24) is 5.32 Å². The van der Waals surface area contributed by atoms with Crippen molar-refractivity contribution < 1.29 is 24.4 Å². The molecule has 0 spiro atoms. The van der Waals surface area contributed by atoms with Crippen molar-refractivity contribution in [2.45, 2.75) is 32.6 Å². The van der Waals surface area contributed by atoms with Crippen LogP contribution in [0.3, 0.4) is 0 Å². The van der Waals surface area contributed by atoms with Gasteiger partial charge < -0.3 is 20.1 Å². The molecule has 8 heteroatoms. The Kier molecular flexibility index (Phi) is 4.61. The summed E-state index contributed by atoms with van der Waals surface area (Å²) in [4.78, 5) is 23.2. The monoisotopic (exact) mass is 316 g/mol. The van der Waals surface area contributed by atoms with Gasteiger partial charge in [-0.15, -0.1) is 0 Å². The Hall–Kier alpha value is -2.53. The third-order valence-corrected chi connectivity index (χ3v) is 3.60. The summed E-state index contributed by atoms with van der Waals surface area (Å²) < 4.78 is 5.29. The van der Waals surface area contributed by atoms with Crippen molar-refractivity contribution in [2.75, 3.05) is 0 Å². The smallest absolute Gasteiger partial charge is 0.534 e. The molecule has 1 aromatic carbocycles. The van der Waals surface area contributed by atoms with Crippen LogP contribution in [0.2, 0.25) is 0 Å². The van der Waals surface area contributed by atoms with E-state index in [0.717, 1.165) is 0 Å². The first-order valence-corrected chi connectivity index (χ1v) is 7.14. The van der Waals surface area contributed by atoms with Gasteiger partial charge in [-0.05, 0) is 31.9 Å². The lowest BCUT2D eigenvalue weighted by Crippen LogP contribution is -2.53. The molecule has 1 unspecified atom stereocenters. The number of para-hydroxylation sites is 1. The number of nitriles is 1. The predicted octanol–water partition coefficient (Wildman–Crippen LogP) is 0.764. The third kappa shape index (κ3) is 3.82. The van der Waals surface area contributed by atoms with Gasteiger partial charge in [0.25, 0.3) is 0 Å². The second-order valence-electron chi connectivity index (χ2n) is 6.16. The standard InChI is InChI=1S/C15H17BN2O5/c1-15(2,8-17)7-12(19)18-11-6-9-4-3-5-10(14(20)21)13(9)23-16(11)22/h3-5,11,22H,6-7H2,1-2H3,(H,18,19)(H,20,21). The van der Waals surface area contributed by atoms with Crippen LogP contribution < -0.4 is 9.97 Å². The normalized spacial score (nSPS) is 16.8. The zero-order chi connectivity index (χ0) is 17.2. The number of hydrogen-bond donors (Lipinski definition) is 3. The highest BCUT2D eigenvalue weighted by Crippen LogP contribution is 2.30. The van der Waals surface area contributed by atoms with Crippen LogP contribution in [-0.2, 0) is 11.2 Å². The van der Waals surface area contributed by atoms with Gasteiger partial charge >= 0.3 is 13.1 Å². The highest BCUT2D eigenvalue weighted by molar-refractivity contribution is 6.47. The van der Waals surface area contributed by atoms with Gasteiger partial charge in [0.2, 0.25) is 5.91 Å². The predicted molar refractivity (Wildman–Crippen MR) is 81.6 cm³/mol. The van der Waals surface area contributed by atoms with Crippen LogP contribution in [0.15, 0.2) is 18.2 Å². The Balaban J connectivity index is 2.13. The molecule has 1 aliphatic heterocycles. The molecule has 0 aliphatic carbocycles. The number of fused-ring (bicyclic) bond motifs is 1. The number of benzene rings is 1. The fourth-order valence-electron chi connectivity index (χ4n) is 2.41. The molecule has 120 valence electrons. The quantitative estimate of drug-likeness (QED) is 0.706. The van der Waals surface area contributed by atoms with E-state index < -0.39 is 24.4 Å². The number of aromatic carboxylic acids is 1. The third-order valence-electron chi connectivity index (χ3n) is 3.60. The van der Waals surface area contributed by atoms with Crippen molar-refractivity contribution in [1.29, 1.82) is 5.26 Å². The molecule has 1 amide bonds. The number of nitrogens with one attached hydrogen (secondary N) is 1. The number of nitrogens with zero attached hydrogens (tertiary/aromatic N) is 1. The minimum absolute atomic E-state index is 0.00522. The number of rotatable bonds is 4. The highest BCUT2D eigenvalue weighted by atomic mass is 16.5. The van der Waals surface area contributed by atoms with Gasteiger partial charge in [-0.3, -0.25) is 4.79 Å². The van der Waals surface area contributed by atoms with E-state index in [1.54, 1.807) is 26.0 Å². The lowest BCUT2D eigenvalue weighted by molar-refractivity contribution is -0.122. The second-order valence-corrected chi connectivity index (χ2v) is 6.16. The first-order chi connectivity index (χ1) is 10.7. The van der Waals surface area contributed by atoms with Gasteiger partial charge in [0.15, 0.2) is 0 Å². The summed E-state index contributed by atoms with van der Waals surface area (Å²) in [5.41, 5.74) is -0.240. The molecule has 1 heterocycles. The minimum Gasteiger partial charge on any atom is -0.534 e. The molecular formula is C15H17BN2O5. The SMILES string of the molecule is CC(C)(C#N)CC(=O)NC1Cc2cccc(C(=O)O)c2OB1O. The van der Waals surface area contributed by atoms with E-state index in [-0.39, 0.29) is 30.1 Å². The molecule has 0 fully saturated rings. The number of carboxylic acid groups (broad SMARTS) is 1. The van der Waals surface area contributed by atoms with Gasteiger partial charge in [-0.1, -0.05) is 12.1 Å². The fraction of sp³-hybridized carbons (Fsp3) is 0.400. The molecule has 0 bridgehead atoms. The maximum absolute atomic E-state index is 12.0. The zero-order valence-corrected chi connectivity index (χ0v) is 12.9. The summed E-state index contributed by atoms with van der Waals surface area (Å²) in [6, 6.07) is 6.70. The number of hydrogen-bond acceptors (Lipinski definition) is 5. The largest absolute Gasteiger partial charge is 0.547 e. The average molecular weight is 316 g/mol. The van der Waals surface area contributed by atoms with Crippen LogP contribution in [0.1, 0.15) is 36.2 Å². The summed E-state index contributed by atoms with van der Waals surface area (Å²) in [5, 5.41) is 30.8. The van der Waals surface area contributed by atoms with E-state index in [1.807, 2.05) is 6.07 Å². The van der Waals surface area contributed by atoms with E-state index in [2.05, 4.69) is 5.32 Å². The topological polar surface area (TPSA) is 120 Å². The summed E-state index contributed by atoms with van der Waals surface area (Å²) in [6.07, 6.45) is 0.241. The molecular weight excluding hydrogens is 299 g/mol. The molecule has 23 heavy (non-hydrogen) atoms. The molecule has 0 aromatic heterocycles. The molecule has 0 saturated carbocycles. The Morgan fingerprint density at radius 3 is 2.83 bits per heavy atom. The van der Waals surface area contributed by atoms with Gasteiger partial charge in [0.05, 0.1) is 23.0 Å². The molecule has 1 atom stereocenters. The fourth-order valence-corrected chi connectivity index (χ4v) is 2.41. The molecule has 1 aromatic rings. The molecule has 2 rings (SSSR count). The maximum atomic E-state index is 12.0. The van der Waals surface area contributed by atoms with Crippen LogP contribution in [0, 0.1) is 16.7 Å². The number of carbonyl (C=O) groups is 2. The lowest BCUT2D eigenvalue weighted by atomic mass is 9.72. The average Bonchev–Trinajstić information content (AvgIpc) is 2.46. The van der Waals surface area contributed by atoms with Gasteiger partial charge in [0, 0.05) is 6.42 Å². The van der Waals surface area contributed by atoms with E-state index in [9.17, 15) is 14.6 Å². The maximum Gasteiger partial charge on any atom is 0.547 e. The lowest BCUT2D eigenvalue weighted by Gasteiger charge is -2.29. The van der Waals surface area contributed by atoms with Crippen LogP contribution in [0.5, 0.6) is 5.75 Å². The molecule has 1 aliphatic rings. The first kappa shape index (κ1) is 16.8. The number of carbonyl (C=O) groups excluding carboxylic acids is 1. The van der Waals surface area contributed by atoms with Crippen molar-refractivity contribution in [3.8, 4) is 11.8 Å². The summed E-state index contributed by atoms with van der Waals surface area (Å²) >= 11 is 0. The minimum atomic E-state index is -1.35. The molecule has 0 saturated heterocycles. The first-order valence-electron chi connectivity index (χ1n) is 7.14. The molecule has 3 N–H and O–H groups in total. The Labute approximate surface area is 134 Å². The Morgan fingerprint density at radius 1 is 1.52 bits per heavy atom. The van der Waals surface area contributed by atoms with Crippen LogP contribution in [0.25, 0.3) is 0 Å². The van der Waals surface area contributed by atoms with Crippen LogP contribution in [0.4, 0.5) is 0 Å². The molecule has 7 nitrogen and oxygen atoms in total. The summed E-state index contributed by atoms with van der Waals surface area (Å²) in [7, 11) is -1.35.